The first kappa shape index (κ1) is 19.9. The van der Waals surface area contributed by atoms with Crippen LogP contribution in [-0.4, -0.2) is 45.0 Å². The fourth-order valence-corrected chi connectivity index (χ4v) is 4.25. The van der Waals surface area contributed by atoms with Gasteiger partial charge in [0, 0.05) is 42.7 Å². The minimum absolute atomic E-state index is 0.0287. The van der Waals surface area contributed by atoms with Crippen molar-refractivity contribution in [3.05, 3.63) is 78.6 Å². The molecule has 32 heavy (non-hydrogen) atoms. The predicted molar refractivity (Wildman–Crippen MR) is 123 cm³/mol. The SMILES string of the molecule is O=C(Nc1cc(-c2ccncc2)[nH]n1)C1CCCN(C(=O)c2cccc3ccccc23)C1. The summed E-state index contributed by atoms with van der Waals surface area (Å²) in [7, 11) is 0. The van der Waals surface area contributed by atoms with Crippen molar-refractivity contribution < 1.29 is 9.59 Å². The molecule has 1 saturated heterocycles. The van der Waals surface area contributed by atoms with E-state index >= 15 is 0 Å². The first-order valence-corrected chi connectivity index (χ1v) is 10.7. The van der Waals surface area contributed by atoms with Gasteiger partial charge in [0.05, 0.1) is 11.6 Å². The summed E-state index contributed by atoms with van der Waals surface area (Å²) in [6, 6.07) is 19.2. The highest BCUT2D eigenvalue weighted by Gasteiger charge is 2.30. The first-order valence-electron chi connectivity index (χ1n) is 10.7. The zero-order chi connectivity index (χ0) is 21.9. The highest BCUT2D eigenvalue weighted by molar-refractivity contribution is 6.07. The van der Waals surface area contributed by atoms with E-state index < -0.39 is 0 Å². The van der Waals surface area contributed by atoms with Crippen molar-refractivity contribution in [1.82, 2.24) is 20.1 Å². The number of rotatable bonds is 4. The number of hydrogen-bond acceptors (Lipinski definition) is 4. The maximum Gasteiger partial charge on any atom is 0.254 e. The van der Waals surface area contributed by atoms with Gasteiger partial charge in [0.15, 0.2) is 5.82 Å². The average molecular weight is 425 g/mol. The van der Waals surface area contributed by atoms with Crippen LogP contribution < -0.4 is 5.32 Å². The number of fused-ring (bicyclic) bond motifs is 1. The largest absolute Gasteiger partial charge is 0.338 e. The molecule has 2 N–H and O–H groups in total. The number of carbonyl (C=O) groups excluding carboxylic acids is 2. The second-order valence-corrected chi connectivity index (χ2v) is 8.01. The van der Waals surface area contributed by atoms with Crippen molar-refractivity contribution in [3.63, 3.8) is 0 Å². The number of nitrogens with zero attached hydrogens (tertiary/aromatic N) is 3. The number of piperidine rings is 1. The maximum atomic E-state index is 13.3. The van der Waals surface area contributed by atoms with Crippen LogP contribution >= 0.6 is 0 Å². The molecule has 7 heteroatoms. The molecule has 3 heterocycles. The number of H-pyrrole nitrogens is 1. The number of likely N-dealkylation sites (tertiary alicyclic amines) is 1. The fourth-order valence-electron chi connectivity index (χ4n) is 4.25. The molecule has 7 nitrogen and oxygen atoms in total. The molecular formula is C25H23N5O2. The van der Waals surface area contributed by atoms with Gasteiger partial charge >= 0.3 is 0 Å². The normalized spacial score (nSPS) is 16.1. The van der Waals surface area contributed by atoms with Crippen LogP contribution in [0.15, 0.2) is 73.1 Å². The molecule has 2 amide bonds. The molecule has 1 unspecified atom stereocenters. The minimum Gasteiger partial charge on any atom is -0.338 e. The molecule has 4 aromatic rings. The topological polar surface area (TPSA) is 91.0 Å². The summed E-state index contributed by atoms with van der Waals surface area (Å²) in [6.45, 7) is 1.05. The third-order valence-electron chi connectivity index (χ3n) is 5.92. The Labute approximate surface area is 185 Å². The van der Waals surface area contributed by atoms with Gasteiger partial charge in [0.2, 0.25) is 5.91 Å². The lowest BCUT2D eigenvalue weighted by atomic mass is 9.95. The van der Waals surface area contributed by atoms with Gasteiger partial charge in [-0.3, -0.25) is 19.7 Å². The molecule has 1 fully saturated rings. The first-order chi connectivity index (χ1) is 15.7. The van der Waals surface area contributed by atoms with E-state index in [0.717, 1.165) is 34.9 Å². The summed E-state index contributed by atoms with van der Waals surface area (Å²) >= 11 is 0. The average Bonchev–Trinajstić information content (AvgIpc) is 3.32. The van der Waals surface area contributed by atoms with Crippen molar-refractivity contribution in [2.75, 3.05) is 18.4 Å². The molecule has 160 valence electrons. The number of amides is 2. The highest BCUT2D eigenvalue weighted by Crippen LogP contribution is 2.25. The summed E-state index contributed by atoms with van der Waals surface area (Å²) in [5, 5.41) is 12.0. The lowest BCUT2D eigenvalue weighted by Gasteiger charge is -2.32. The van der Waals surface area contributed by atoms with Gasteiger partial charge in [0.25, 0.3) is 5.91 Å². The van der Waals surface area contributed by atoms with E-state index in [1.54, 1.807) is 23.4 Å². The van der Waals surface area contributed by atoms with Crippen molar-refractivity contribution in [2.24, 2.45) is 5.92 Å². The molecule has 1 aliphatic heterocycles. The quantitative estimate of drug-likeness (QED) is 0.515. The number of pyridine rings is 1. The van der Waals surface area contributed by atoms with Gasteiger partial charge in [-0.15, -0.1) is 0 Å². The van der Waals surface area contributed by atoms with E-state index in [0.29, 0.717) is 24.5 Å². The molecule has 0 saturated carbocycles. The molecule has 0 bridgehead atoms. The van der Waals surface area contributed by atoms with Crippen molar-refractivity contribution in [1.29, 1.82) is 0 Å². The number of aromatic nitrogens is 3. The number of benzene rings is 2. The lowest BCUT2D eigenvalue weighted by Crippen LogP contribution is -2.43. The van der Waals surface area contributed by atoms with E-state index in [-0.39, 0.29) is 17.7 Å². The van der Waals surface area contributed by atoms with Crippen LogP contribution in [0, 0.1) is 5.92 Å². The van der Waals surface area contributed by atoms with Crippen LogP contribution in [-0.2, 0) is 4.79 Å². The minimum atomic E-state index is -0.274. The van der Waals surface area contributed by atoms with Crippen molar-refractivity contribution in [2.45, 2.75) is 12.8 Å². The Hall–Kier alpha value is -4.00. The second kappa shape index (κ2) is 8.63. The predicted octanol–water partition coefficient (Wildman–Crippen LogP) is 4.12. The van der Waals surface area contributed by atoms with Crippen molar-refractivity contribution >= 4 is 28.4 Å². The Morgan fingerprint density at radius 2 is 1.84 bits per heavy atom. The third-order valence-corrected chi connectivity index (χ3v) is 5.92. The molecule has 2 aromatic heterocycles. The standard InChI is InChI=1S/C25H23N5O2/c31-24(27-23-15-22(28-29-23)18-10-12-26-13-11-18)19-7-4-14-30(16-19)25(32)21-9-3-6-17-5-1-2-8-20(17)21/h1-3,5-6,8-13,15,19H,4,7,14,16H2,(H2,27,28,29,31). The Bertz CT molecular complexity index is 1260. The van der Waals surface area contributed by atoms with Crippen LogP contribution in [0.25, 0.3) is 22.0 Å². The zero-order valence-electron chi connectivity index (χ0n) is 17.5. The van der Waals surface area contributed by atoms with Crippen LogP contribution in [0.3, 0.4) is 0 Å². The van der Waals surface area contributed by atoms with E-state index in [9.17, 15) is 9.59 Å². The van der Waals surface area contributed by atoms with Crippen molar-refractivity contribution in [3.8, 4) is 11.3 Å². The zero-order valence-corrected chi connectivity index (χ0v) is 17.5. The molecule has 1 aliphatic rings. The number of nitrogens with one attached hydrogen (secondary N) is 2. The van der Waals surface area contributed by atoms with Gasteiger partial charge < -0.3 is 10.2 Å². The van der Waals surface area contributed by atoms with Gasteiger partial charge in [0.1, 0.15) is 0 Å². The van der Waals surface area contributed by atoms with Gasteiger partial charge in [-0.05, 0) is 41.8 Å². The van der Waals surface area contributed by atoms with E-state index in [1.807, 2.05) is 54.6 Å². The van der Waals surface area contributed by atoms with Crippen LogP contribution in [0.4, 0.5) is 5.82 Å². The fraction of sp³-hybridized carbons (Fsp3) is 0.200. The van der Waals surface area contributed by atoms with Crippen LogP contribution in [0.5, 0.6) is 0 Å². The summed E-state index contributed by atoms with van der Waals surface area (Å²) in [4.78, 5) is 32.0. The van der Waals surface area contributed by atoms with E-state index in [2.05, 4.69) is 20.5 Å². The van der Waals surface area contributed by atoms with Gasteiger partial charge in [-0.1, -0.05) is 36.4 Å². The molecule has 2 aromatic carbocycles. The Kier molecular flexibility index (Phi) is 5.37. The van der Waals surface area contributed by atoms with E-state index in [4.69, 9.17) is 0 Å². The molecule has 0 aliphatic carbocycles. The summed E-state index contributed by atoms with van der Waals surface area (Å²) < 4.78 is 0. The third kappa shape index (κ3) is 3.97. The van der Waals surface area contributed by atoms with Gasteiger partial charge in [-0.25, -0.2) is 0 Å². The molecular weight excluding hydrogens is 402 g/mol. The smallest absolute Gasteiger partial charge is 0.254 e. The maximum absolute atomic E-state index is 13.3. The molecule has 5 rings (SSSR count). The number of hydrogen-bond donors (Lipinski definition) is 2. The lowest BCUT2D eigenvalue weighted by molar-refractivity contribution is -0.121. The molecule has 0 radical (unpaired) electrons. The van der Waals surface area contributed by atoms with Crippen LogP contribution in [0.1, 0.15) is 23.2 Å². The monoisotopic (exact) mass is 425 g/mol. The second-order valence-electron chi connectivity index (χ2n) is 8.01. The highest BCUT2D eigenvalue weighted by atomic mass is 16.2. The number of anilines is 1. The molecule has 1 atom stereocenters. The summed E-state index contributed by atoms with van der Waals surface area (Å²) in [5.74, 6) is 0.0512. The van der Waals surface area contributed by atoms with Crippen LogP contribution in [0.2, 0.25) is 0 Å². The van der Waals surface area contributed by atoms with Gasteiger partial charge in [-0.2, -0.15) is 5.10 Å². The summed E-state index contributed by atoms with van der Waals surface area (Å²) in [6.07, 6.45) is 4.94. The number of carbonyl (C=O) groups is 2. The van der Waals surface area contributed by atoms with E-state index in [1.165, 1.54) is 0 Å². The Morgan fingerprint density at radius 1 is 1.03 bits per heavy atom. The number of aromatic amines is 1. The molecule has 0 spiro atoms. The Balaban J connectivity index is 1.28. The Morgan fingerprint density at radius 3 is 2.72 bits per heavy atom. The summed E-state index contributed by atoms with van der Waals surface area (Å²) in [5.41, 5.74) is 2.43.